The largest absolute Gasteiger partial charge is 0.369 e. The Morgan fingerprint density at radius 1 is 1.00 bits per heavy atom. The van der Waals surface area contributed by atoms with Crippen molar-refractivity contribution in [3.05, 3.63) is 81.6 Å². The van der Waals surface area contributed by atoms with E-state index in [1.165, 1.54) is 17.0 Å². The fraction of sp³-hybridized carbons (Fsp3) is 0.436. The van der Waals surface area contributed by atoms with E-state index in [2.05, 4.69) is 57.7 Å². The molecule has 1 unspecified atom stereocenters. The van der Waals surface area contributed by atoms with Crippen LogP contribution in [0.25, 0.3) is 0 Å². The Bertz CT molecular complexity index is 2010. The van der Waals surface area contributed by atoms with Crippen molar-refractivity contribution in [2.75, 3.05) is 72.8 Å². The highest BCUT2D eigenvalue weighted by atomic mass is 35.5. The van der Waals surface area contributed by atoms with Gasteiger partial charge in [-0.15, -0.1) is 0 Å². The Labute approximate surface area is 324 Å². The van der Waals surface area contributed by atoms with Crippen LogP contribution in [0.5, 0.6) is 0 Å². The number of amides is 3. The van der Waals surface area contributed by atoms with E-state index in [0.717, 1.165) is 82.1 Å². The van der Waals surface area contributed by atoms with E-state index < -0.39 is 0 Å². The first kappa shape index (κ1) is 36.4. The summed E-state index contributed by atoms with van der Waals surface area (Å²) < 4.78 is 0. The lowest BCUT2D eigenvalue weighted by Gasteiger charge is -2.37. The van der Waals surface area contributed by atoms with Crippen molar-refractivity contribution in [3.8, 4) is 0 Å². The van der Waals surface area contributed by atoms with Crippen molar-refractivity contribution in [1.82, 2.24) is 30.1 Å². The Kier molecular flexibility index (Phi) is 10.5. The van der Waals surface area contributed by atoms with E-state index in [9.17, 15) is 14.4 Å². The molecule has 4 aliphatic heterocycles. The third-order valence-electron chi connectivity index (χ3n) is 11.1. The summed E-state index contributed by atoms with van der Waals surface area (Å²) in [5, 5.41) is 9.74. The molecule has 54 heavy (non-hydrogen) atoms. The predicted octanol–water partition coefficient (Wildman–Crippen LogP) is 5.19. The molecule has 282 valence electrons. The van der Waals surface area contributed by atoms with Gasteiger partial charge >= 0.3 is 0 Å². The number of piperidine rings is 1. The molecule has 3 atom stereocenters. The summed E-state index contributed by atoms with van der Waals surface area (Å²) in [4.78, 5) is 61.1. The zero-order valence-electron chi connectivity index (χ0n) is 30.6. The number of para-hydroxylation sites is 1. The average Bonchev–Trinajstić information content (AvgIpc) is 3.91. The van der Waals surface area contributed by atoms with Crippen LogP contribution in [-0.2, 0) is 9.59 Å². The number of hydrogen-bond donors (Lipinski definition) is 3. The van der Waals surface area contributed by atoms with E-state index in [1.807, 2.05) is 44.2 Å². The van der Waals surface area contributed by atoms with Gasteiger partial charge in [0.1, 0.15) is 22.3 Å². The van der Waals surface area contributed by atoms with Crippen LogP contribution in [0.1, 0.15) is 58.2 Å². The minimum Gasteiger partial charge on any atom is -0.369 e. The van der Waals surface area contributed by atoms with Gasteiger partial charge < -0.3 is 20.4 Å². The number of aryl methyl sites for hydroxylation is 2. The maximum absolute atomic E-state index is 13.0. The molecule has 2 bridgehead atoms. The number of nitrogens with one attached hydrogen (secondary N) is 3. The molecular weight excluding hydrogens is 724 g/mol. The highest BCUT2D eigenvalue weighted by Crippen LogP contribution is 2.35. The standard InChI is InChI=1S/C39H45ClN10O3S/c1-24-5-3-6-31(40)36(24)46-38(53)32-21-41-39(54-32)44-33-20-34(43-25(2)42-33)50-23-28-19-29(50)22-49(28)14-4-13-47-15-17-48(18-16-47)27-9-7-26(8-10-27)30-11-12-35(51)45-37(30)52/h3,5-10,20-21,28-30H,4,11-19,22-23H2,1-2H3,(H,46,53)(H,45,51,52)(H,41,42,43,44)/t28-,29-,30?/m1/s1. The Hall–Kier alpha value is -4.63. The quantitative estimate of drug-likeness (QED) is 0.174. The summed E-state index contributed by atoms with van der Waals surface area (Å²) in [6, 6.07) is 16.8. The number of fused-ring (bicyclic) bond motifs is 2. The smallest absolute Gasteiger partial charge is 0.267 e. The van der Waals surface area contributed by atoms with Gasteiger partial charge in [0.05, 0.1) is 22.8 Å². The lowest BCUT2D eigenvalue weighted by atomic mass is 9.90. The summed E-state index contributed by atoms with van der Waals surface area (Å²) >= 11 is 7.57. The molecule has 4 fully saturated rings. The maximum atomic E-state index is 13.0. The van der Waals surface area contributed by atoms with E-state index in [1.54, 1.807) is 12.3 Å². The number of carbonyl (C=O) groups excluding carboxylic acids is 3. The highest BCUT2D eigenvalue weighted by molar-refractivity contribution is 7.17. The van der Waals surface area contributed by atoms with Crippen molar-refractivity contribution in [2.45, 2.75) is 57.5 Å². The predicted molar refractivity (Wildman–Crippen MR) is 212 cm³/mol. The number of anilines is 5. The molecule has 3 N–H and O–H groups in total. The van der Waals surface area contributed by atoms with Crippen LogP contribution in [0.15, 0.2) is 54.7 Å². The molecule has 0 radical (unpaired) electrons. The van der Waals surface area contributed by atoms with Gasteiger partial charge in [-0.25, -0.2) is 15.0 Å². The number of halogens is 1. The van der Waals surface area contributed by atoms with Gasteiger partial charge in [0.15, 0.2) is 5.13 Å². The van der Waals surface area contributed by atoms with Crippen molar-refractivity contribution < 1.29 is 14.4 Å². The van der Waals surface area contributed by atoms with Crippen molar-refractivity contribution in [3.63, 3.8) is 0 Å². The lowest BCUT2D eigenvalue weighted by molar-refractivity contribution is -0.134. The van der Waals surface area contributed by atoms with Crippen LogP contribution in [0.4, 0.5) is 28.1 Å². The number of likely N-dealkylation sites (tertiary alicyclic amines) is 1. The number of hydrogen-bond acceptors (Lipinski definition) is 12. The molecule has 15 heteroatoms. The molecule has 4 saturated heterocycles. The first-order valence-electron chi connectivity index (χ1n) is 18.7. The van der Waals surface area contributed by atoms with E-state index >= 15 is 0 Å². The summed E-state index contributed by atoms with van der Waals surface area (Å²) in [5.74, 6) is 1.39. The van der Waals surface area contributed by atoms with Crippen LogP contribution in [0, 0.1) is 13.8 Å². The molecular formula is C39H45ClN10O3S. The van der Waals surface area contributed by atoms with E-state index in [0.29, 0.717) is 57.3 Å². The summed E-state index contributed by atoms with van der Waals surface area (Å²) in [5.41, 5.74) is 3.66. The molecule has 2 aromatic heterocycles. The number of rotatable bonds is 11. The van der Waals surface area contributed by atoms with Crippen molar-refractivity contribution >= 4 is 68.8 Å². The molecule has 8 rings (SSSR count). The SMILES string of the molecule is Cc1nc(Nc2ncc(C(=O)Nc3c(C)cccc3Cl)s2)cc(N2C[C@H]3C[C@@H]2CN3CCCN2CCN(c3ccc(C4CCC(=O)NC4=O)cc3)CC2)n1. The van der Waals surface area contributed by atoms with Gasteiger partial charge in [0.2, 0.25) is 11.8 Å². The van der Waals surface area contributed by atoms with Crippen LogP contribution in [-0.4, -0.2) is 107 Å². The Morgan fingerprint density at radius 3 is 2.56 bits per heavy atom. The minimum absolute atomic E-state index is 0.179. The van der Waals surface area contributed by atoms with E-state index in [-0.39, 0.29) is 23.6 Å². The molecule has 4 aliphatic rings. The number of carbonyl (C=O) groups is 3. The molecule has 2 aromatic carbocycles. The Morgan fingerprint density at radius 2 is 1.81 bits per heavy atom. The van der Waals surface area contributed by atoms with Gasteiger partial charge in [-0.1, -0.05) is 47.2 Å². The fourth-order valence-electron chi connectivity index (χ4n) is 8.23. The first-order valence-corrected chi connectivity index (χ1v) is 19.9. The minimum atomic E-state index is -0.260. The Balaban J connectivity index is 0.783. The van der Waals surface area contributed by atoms with Crippen LogP contribution in [0.3, 0.4) is 0 Å². The topological polar surface area (TPSA) is 139 Å². The van der Waals surface area contributed by atoms with Gasteiger partial charge in [0.25, 0.3) is 5.91 Å². The zero-order chi connectivity index (χ0) is 37.3. The monoisotopic (exact) mass is 768 g/mol. The summed E-state index contributed by atoms with van der Waals surface area (Å²) in [6.07, 6.45) is 4.82. The average molecular weight is 769 g/mol. The maximum Gasteiger partial charge on any atom is 0.267 e. The number of thiazole rings is 1. The normalized spacial score (nSPS) is 21.8. The molecule has 13 nitrogen and oxygen atoms in total. The zero-order valence-corrected chi connectivity index (χ0v) is 32.1. The second-order valence-corrected chi connectivity index (χ2v) is 16.1. The second kappa shape index (κ2) is 15.6. The van der Waals surface area contributed by atoms with Crippen LogP contribution >= 0.6 is 22.9 Å². The molecule has 0 saturated carbocycles. The fourth-order valence-corrected chi connectivity index (χ4v) is 9.22. The number of piperazine rings is 2. The van der Waals surface area contributed by atoms with Gasteiger partial charge in [-0.2, -0.15) is 0 Å². The second-order valence-electron chi connectivity index (χ2n) is 14.7. The third kappa shape index (κ3) is 7.92. The number of imide groups is 1. The highest BCUT2D eigenvalue weighted by Gasteiger charge is 2.43. The summed E-state index contributed by atoms with van der Waals surface area (Å²) in [7, 11) is 0. The molecule has 4 aromatic rings. The lowest BCUT2D eigenvalue weighted by Crippen LogP contribution is -2.49. The molecule has 6 heterocycles. The van der Waals surface area contributed by atoms with E-state index in [4.69, 9.17) is 16.6 Å². The number of benzene rings is 2. The van der Waals surface area contributed by atoms with Crippen molar-refractivity contribution in [1.29, 1.82) is 0 Å². The number of aromatic nitrogens is 3. The summed E-state index contributed by atoms with van der Waals surface area (Å²) in [6.45, 7) is 12.0. The number of nitrogens with zero attached hydrogens (tertiary/aromatic N) is 7. The molecule has 0 aliphatic carbocycles. The van der Waals surface area contributed by atoms with Crippen LogP contribution in [0.2, 0.25) is 5.02 Å². The van der Waals surface area contributed by atoms with Crippen LogP contribution < -0.4 is 25.8 Å². The third-order valence-corrected chi connectivity index (χ3v) is 12.3. The molecule has 0 spiro atoms. The van der Waals surface area contributed by atoms with Gasteiger partial charge in [0, 0.05) is 69.5 Å². The van der Waals surface area contributed by atoms with Crippen molar-refractivity contribution in [2.24, 2.45) is 0 Å². The van der Waals surface area contributed by atoms with Gasteiger partial charge in [-0.05, 0) is 75.5 Å². The molecule has 3 amide bonds. The first-order chi connectivity index (χ1) is 26.2. The van der Waals surface area contributed by atoms with Gasteiger partial charge in [-0.3, -0.25) is 29.5 Å².